The predicted octanol–water partition coefficient (Wildman–Crippen LogP) is 4.00. The fourth-order valence-corrected chi connectivity index (χ4v) is 3.93. The molecular weight excluding hydrogens is 407 g/mol. The molecule has 0 radical (unpaired) electrons. The van der Waals surface area contributed by atoms with Crippen LogP contribution >= 0.6 is 22.6 Å². The zero-order valence-electron chi connectivity index (χ0n) is 13.8. The van der Waals surface area contributed by atoms with E-state index < -0.39 is 5.60 Å². The van der Waals surface area contributed by atoms with Gasteiger partial charge in [0.25, 0.3) is 0 Å². The highest BCUT2D eigenvalue weighted by molar-refractivity contribution is 14.1. The van der Waals surface area contributed by atoms with Gasteiger partial charge in [-0.1, -0.05) is 0 Å². The smallest absolute Gasteiger partial charge is 0.410 e. The Morgan fingerprint density at radius 3 is 2.52 bits per heavy atom. The third-order valence-electron chi connectivity index (χ3n) is 4.30. The zero-order valence-corrected chi connectivity index (χ0v) is 15.9. The number of hydrogen-bond donors (Lipinski definition) is 0. The van der Waals surface area contributed by atoms with Gasteiger partial charge >= 0.3 is 6.09 Å². The number of amides is 1. The van der Waals surface area contributed by atoms with Crippen LogP contribution in [0.3, 0.4) is 0 Å². The van der Waals surface area contributed by atoms with Crippen LogP contribution in [0.15, 0.2) is 18.3 Å². The van der Waals surface area contributed by atoms with Crippen LogP contribution in [0, 0.1) is 3.57 Å². The van der Waals surface area contributed by atoms with Crippen molar-refractivity contribution in [3.63, 3.8) is 0 Å². The number of pyridine rings is 1. The molecule has 6 heteroatoms. The van der Waals surface area contributed by atoms with E-state index in [1.807, 2.05) is 37.8 Å². The van der Waals surface area contributed by atoms with Gasteiger partial charge in [-0.3, -0.25) is 0 Å². The van der Waals surface area contributed by atoms with E-state index in [1.165, 1.54) is 0 Å². The second-order valence-electron chi connectivity index (χ2n) is 7.27. The van der Waals surface area contributed by atoms with Crippen LogP contribution in [0.4, 0.5) is 4.79 Å². The Labute approximate surface area is 150 Å². The molecule has 3 rings (SSSR count). The Bertz CT molecular complexity index is 573. The van der Waals surface area contributed by atoms with Gasteiger partial charge in [0, 0.05) is 31.1 Å². The van der Waals surface area contributed by atoms with Gasteiger partial charge in [-0.2, -0.15) is 0 Å². The fraction of sp³-hybridized carbons (Fsp3) is 0.647. The minimum atomic E-state index is -0.450. The molecule has 2 fully saturated rings. The molecule has 1 aromatic heterocycles. The van der Waals surface area contributed by atoms with E-state index in [0.717, 1.165) is 29.3 Å². The van der Waals surface area contributed by atoms with Crippen molar-refractivity contribution in [2.45, 2.75) is 70.2 Å². The summed E-state index contributed by atoms with van der Waals surface area (Å²) in [7, 11) is 0. The van der Waals surface area contributed by atoms with Crippen molar-refractivity contribution in [2.24, 2.45) is 0 Å². The first kappa shape index (κ1) is 16.8. The molecule has 0 saturated carbocycles. The van der Waals surface area contributed by atoms with Crippen LogP contribution in [-0.4, -0.2) is 39.8 Å². The maximum absolute atomic E-state index is 12.4. The maximum atomic E-state index is 12.4. The van der Waals surface area contributed by atoms with E-state index in [2.05, 4.69) is 27.6 Å². The molecule has 0 spiro atoms. The number of rotatable bonds is 2. The van der Waals surface area contributed by atoms with Gasteiger partial charge in [-0.05, 0) is 68.3 Å². The van der Waals surface area contributed by atoms with Crippen LogP contribution in [-0.2, 0) is 4.74 Å². The lowest BCUT2D eigenvalue weighted by Crippen LogP contribution is -2.50. The molecule has 5 nitrogen and oxygen atoms in total. The third-order valence-corrected chi connectivity index (χ3v) is 5.12. The molecule has 2 bridgehead atoms. The van der Waals surface area contributed by atoms with E-state index in [4.69, 9.17) is 9.47 Å². The summed E-state index contributed by atoms with van der Waals surface area (Å²) in [6.45, 7) is 5.73. The summed E-state index contributed by atoms with van der Waals surface area (Å²) in [5, 5.41) is 0. The highest BCUT2D eigenvalue weighted by Gasteiger charge is 2.45. The number of carbonyl (C=O) groups excluding carboxylic acids is 1. The van der Waals surface area contributed by atoms with E-state index >= 15 is 0 Å². The normalized spacial score (nSPS) is 27.0. The minimum Gasteiger partial charge on any atom is -0.473 e. The molecule has 1 aromatic rings. The van der Waals surface area contributed by atoms with Gasteiger partial charge in [0.1, 0.15) is 11.7 Å². The Hall–Kier alpha value is -1.05. The first-order chi connectivity index (χ1) is 10.8. The Kier molecular flexibility index (Phi) is 4.71. The summed E-state index contributed by atoms with van der Waals surface area (Å²) in [6, 6.07) is 4.33. The Morgan fingerprint density at radius 2 is 1.96 bits per heavy atom. The number of carbonyl (C=O) groups is 1. The molecule has 23 heavy (non-hydrogen) atoms. The minimum absolute atomic E-state index is 0.120. The van der Waals surface area contributed by atoms with E-state index in [9.17, 15) is 4.79 Å². The van der Waals surface area contributed by atoms with Gasteiger partial charge < -0.3 is 14.4 Å². The number of hydrogen-bond acceptors (Lipinski definition) is 4. The second-order valence-corrected chi connectivity index (χ2v) is 8.44. The molecule has 0 aromatic carbocycles. The van der Waals surface area contributed by atoms with Crippen LogP contribution in [0.5, 0.6) is 5.88 Å². The summed E-state index contributed by atoms with van der Waals surface area (Å²) in [5.74, 6) is 0.697. The molecule has 126 valence electrons. The summed E-state index contributed by atoms with van der Waals surface area (Å²) in [6.07, 6.45) is 5.45. The highest BCUT2D eigenvalue weighted by Crippen LogP contribution is 2.38. The molecule has 1 amide bonds. The van der Waals surface area contributed by atoms with E-state index in [-0.39, 0.29) is 24.3 Å². The molecule has 2 saturated heterocycles. The zero-order chi connectivity index (χ0) is 16.6. The SMILES string of the molecule is CC(C)(C)OC(=O)N1[C@@H]2CC[C@H]1CC(Oc1ncccc1I)C2. The number of aromatic nitrogens is 1. The number of ether oxygens (including phenoxy) is 2. The predicted molar refractivity (Wildman–Crippen MR) is 95.5 cm³/mol. The van der Waals surface area contributed by atoms with Crippen molar-refractivity contribution in [1.82, 2.24) is 9.88 Å². The first-order valence-corrected chi connectivity index (χ1v) is 9.20. The van der Waals surface area contributed by atoms with Gasteiger partial charge in [-0.15, -0.1) is 0 Å². The van der Waals surface area contributed by atoms with Crippen molar-refractivity contribution in [3.8, 4) is 5.88 Å². The van der Waals surface area contributed by atoms with Crippen LogP contribution in [0.1, 0.15) is 46.5 Å². The van der Waals surface area contributed by atoms with E-state index in [1.54, 1.807) is 6.20 Å². The quantitative estimate of drug-likeness (QED) is 0.666. The molecule has 1 unspecified atom stereocenters. The fourth-order valence-electron chi connectivity index (χ4n) is 3.45. The number of piperidine rings is 1. The molecule has 0 aliphatic carbocycles. The van der Waals surface area contributed by atoms with Gasteiger partial charge in [-0.25, -0.2) is 9.78 Å². The number of nitrogens with zero attached hydrogens (tertiary/aromatic N) is 2. The Balaban J connectivity index is 1.65. The lowest BCUT2D eigenvalue weighted by atomic mass is 10.0. The maximum Gasteiger partial charge on any atom is 0.410 e. The first-order valence-electron chi connectivity index (χ1n) is 8.12. The average molecular weight is 430 g/mol. The molecular formula is C17H23IN2O3. The second kappa shape index (κ2) is 6.45. The summed E-state index contributed by atoms with van der Waals surface area (Å²) < 4.78 is 12.7. The molecule has 3 atom stereocenters. The van der Waals surface area contributed by atoms with Gasteiger partial charge in [0.15, 0.2) is 0 Å². The van der Waals surface area contributed by atoms with Crippen LogP contribution in [0.25, 0.3) is 0 Å². The molecule has 2 aliphatic heterocycles. The third kappa shape index (κ3) is 3.89. The lowest BCUT2D eigenvalue weighted by molar-refractivity contribution is -0.00770. The van der Waals surface area contributed by atoms with Gasteiger partial charge in [0.2, 0.25) is 5.88 Å². The van der Waals surface area contributed by atoms with Crippen molar-refractivity contribution >= 4 is 28.7 Å². The average Bonchev–Trinajstić information content (AvgIpc) is 2.72. The van der Waals surface area contributed by atoms with Crippen molar-refractivity contribution in [3.05, 3.63) is 21.9 Å². The molecule has 0 N–H and O–H groups in total. The number of fused-ring (bicyclic) bond motifs is 2. The number of halogens is 1. The molecule has 3 heterocycles. The van der Waals surface area contributed by atoms with Gasteiger partial charge in [0.05, 0.1) is 3.57 Å². The topological polar surface area (TPSA) is 51.7 Å². The van der Waals surface area contributed by atoms with Crippen molar-refractivity contribution in [2.75, 3.05) is 0 Å². The lowest BCUT2D eigenvalue weighted by Gasteiger charge is -2.39. The highest BCUT2D eigenvalue weighted by atomic mass is 127. The van der Waals surface area contributed by atoms with Crippen LogP contribution in [0.2, 0.25) is 0 Å². The molecule has 2 aliphatic rings. The Morgan fingerprint density at radius 1 is 1.30 bits per heavy atom. The van der Waals surface area contributed by atoms with Crippen LogP contribution < -0.4 is 4.74 Å². The largest absolute Gasteiger partial charge is 0.473 e. The van der Waals surface area contributed by atoms with Crippen molar-refractivity contribution < 1.29 is 14.3 Å². The standard InChI is InChI=1S/C17H23IN2O3/c1-17(2,3)23-16(21)20-11-6-7-12(20)10-13(9-11)22-15-14(18)5-4-8-19-15/h4-5,8,11-13H,6-7,9-10H2,1-3H3/t11-,12+,13?. The monoisotopic (exact) mass is 430 g/mol. The van der Waals surface area contributed by atoms with Crippen molar-refractivity contribution in [1.29, 1.82) is 0 Å². The van der Waals surface area contributed by atoms with E-state index in [0.29, 0.717) is 5.88 Å². The summed E-state index contributed by atoms with van der Waals surface area (Å²) in [4.78, 5) is 18.7. The summed E-state index contributed by atoms with van der Waals surface area (Å²) >= 11 is 2.24. The summed E-state index contributed by atoms with van der Waals surface area (Å²) in [5.41, 5.74) is -0.450.